The molecule has 0 atom stereocenters. The van der Waals surface area contributed by atoms with Gasteiger partial charge in [-0.05, 0) is 87.2 Å². The van der Waals surface area contributed by atoms with Gasteiger partial charge in [0.1, 0.15) is 11.2 Å². The number of anilines is 3. The molecule has 9 rings (SSSR count). The van der Waals surface area contributed by atoms with Crippen LogP contribution in [0.3, 0.4) is 0 Å². The van der Waals surface area contributed by atoms with Gasteiger partial charge in [0.25, 0.3) is 0 Å². The summed E-state index contributed by atoms with van der Waals surface area (Å²) in [4.78, 5) is 2.12. The van der Waals surface area contributed by atoms with Crippen LogP contribution in [-0.4, -0.2) is 0 Å². The molecular formula is C46H31NO. The summed E-state index contributed by atoms with van der Waals surface area (Å²) < 4.78 is 84.4. The summed E-state index contributed by atoms with van der Waals surface area (Å²) in [5.74, 6) is 0. The molecule has 0 N–H and O–H groups in total. The minimum Gasteiger partial charge on any atom is -0.455 e. The zero-order chi connectivity index (χ0) is 39.7. The van der Waals surface area contributed by atoms with Gasteiger partial charge in [-0.2, -0.15) is 0 Å². The Morgan fingerprint density at radius 1 is 0.417 bits per heavy atom. The van der Waals surface area contributed by atoms with Gasteiger partial charge < -0.3 is 9.32 Å². The first-order chi connectivity index (χ1) is 27.5. The predicted molar refractivity (Wildman–Crippen MR) is 202 cm³/mol. The van der Waals surface area contributed by atoms with Crippen LogP contribution in [0.5, 0.6) is 0 Å². The molecule has 0 radical (unpaired) electrons. The molecule has 0 saturated carbocycles. The van der Waals surface area contributed by atoms with Crippen LogP contribution in [0, 0.1) is 0 Å². The Labute approximate surface area is 292 Å². The zero-order valence-corrected chi connectivity index (χ0v) is 25.6. The highest BCUT2D eigenvalue weighted by Gasteiger charge is 2.17. The normalized spacial score (nSPS) is 14.0. The largest absolute Gasteiger partial charge is 0.455 e. The van der Waals surface area contributed by atoms with Crippen molar-refractivity contribution in [1.29, 1.82) is 0 Å². The fourth-order valence-corrected chi connectivity index (χ4v) is 6.28. The predicted octanol–water partition coefficient (Wildman–Crippen LogP) is 13.2. The fourth-order valence-electron chi connectivity index (χ4n) is 6.28. The lowest BCUT2D eigenvalue weighted by Crippen LogP contribution is -2.09. The molecule has 0 saturated heterocycles. The monoisotopic (exact) mass is 622 g/mol. The Morgan fingerprint density at radius 3 is 1.52 bits per heavy atom. The maximum Gasteiger partial charge on any atom is 0.143 e. The van der Waals surface area contributed by atoms with E-state index in [1.807, 2.05) is 60.7 Å². The molecule has 226 valence electrons. The molecule has 2 nitrogen and oxygen atoms in total. The average molecular weight is 623 g/mol. The number of rotatable bonds is 6. The molecule has 0 aliphatic heterocycles. The highest BCUT2D eigenvalue weighted by Crippen LogP contribution is 2.41. The van der Waals surface area contributed by atoms with Gasteiger partial charge in [0.2, 0.25) is 0 Å². The molecule has 0 bridgehead atoms. The second kappa shape index (κ2) is 11.8. The van der Waals surface area contributed by atoms with Crippen molar-refractivity contribution in [3.63, 3.8) is 0 Å². The lowest BCUT2D eigenvalue weighted by Gasteiger charge is -2.26. The minimum atomic E-state index is -0.534. The third-order valence-corrected chi connectivity index (χ3v) is 8.63. The highest BCUT2D eigenvalue weighted by molar-refractivity contribution is 6.19. The molecule has 0 fully saturated rings. The van der Waals surface area contributed by atoms with E-state index in [1.54, 1.807) is 0 Å². The van der Waals surface area contributed by atoms with E-state index in [2.05, 4.69) is 77.7 Å². The van der Waals surface area contributed by atoms with E-state index in [1.165, 1.54) is 0 Å². The highest BCUT2D eigenvalue weighted by atomic mass is 16.3. The van der Waals surface area contributed by atoms with Gasteiger partial charge in [-0.25, -0.2) is 0 Å². The lowest BCUT2D eigenvalue weighted by molar-refractivity contribution is 0.673. The van der Waals surface area contributed by atoms with E-state index in [4.69, 9.17) is 16.8 Å². The van der Waals surface area contributed by atoms with Crippen LogP contribution in [0.4, 0.5) is 17.1 Å². The molecule has 1 aromatic heterocycles. The molecule has 0 spiro atoms. The fraction of sp³-hybridized carbons (Fsp3) is 0. The van der Waals surface area contributed by atoms with Crippen molar-refractivity contribution in [2.75, 3.05) is 4.90 Å². The average Bonchev–Trinajstić information content (AvgIpc) is 3.64. The Kier molecular flexibility index (Phi) is 4.90. The third kappa shape index (κ3) is 4.92. The number of fused-ring (bicyclic) bond motifs is 5. The van der Waals surface area contributed by atoms with Crippen LogP contribution in [-0.2, 0) is 0 Å². The molecule has 1 heterocycles. The number of hydrogen-bond acceptors (Lipinski definition) is 2. The summed E-state index contributed by atoms with van der Waals surface area (Å²) in [6.07, 6.45) is 0. The number of benzene rings is 8. The van der Waals surface area contributed by atoms with E-state index in [0.717, 1.165) is 39.3 Å². The second-order valence-electron chi connectivity index (χ2n) is 11.5. The van der Waals surface area contributed by atoms with Crippen LogP contribution in [0.2, 0.25) is 0 Å². The SMILES string of the molecule is [2H]c1c([2H])c(-c2ccc(N(c3ccc(-c4ccccc4)cc3)c3ccc(-c4ccccc4)cc3)cc2)c2c(oc3c4c([2H])c([2H])c([2H])c([2H])c4c([2H])c([2H])c32)c1[2H]. The van der Waals surface area contributed by atoms with Gasteiger partial charge in [0.05, 0.1) is 12.3 Å². The van der Waals surface area contributed by atoms with Crippen LogP contribution in [0.15, 0.2) is 192 Å². The molecule has 0 unspecified atom stereocenters. The molecule has 0 amide bonds. The Morgan fingerprint density at radius 2 is 0.938 bits per heavy atom. The first-order valence-corrected chi connectivity index (χ1v) is 15.6. The topological polar surface area (TPSA) is 16.4 Å². The van der Waals surface area contributed by atoms with E-state index in [-0.39, 0.29) is 50.4 Å². The second-order valence-corrected chi connectivity index (χ2v) is 11.5. The van der Waals surface area contributed by atoms with Crippen molar-refractivity contribution in [3.8, 4) is 33.4 Å². The van der Waals surface area contributed by atoms with E-state index in [9.17, 15) is 0 Å². The first kappa shape index (κ1) is 20.0. The van der Waals surface area contributed by atoms with Crippen molar-refractivity contribution in [3.05, 3.63) is 188 Å². The van der Waals surface area contributed by atoms with Crippen molar-refractivity contribution >= 4 is 49.8 Å². The van der Waals surface area contributed by atoms with Crippen molar-refractivity contribution in [2.24, 2.45) is 0 Å². The van der Waals surface area contributed by atoms with Gasteiger partial charge in [0.15, 0.2) is 0 Å². The maximum atomic E-state index is 9.10. The van der Waals surface area contributed by atoms with Crippen molar-refractivity contribution < 1.29 is 16.8 Å². The summed E-state index contributed by atoms with van der Waals surface area (Å²) in [7, 11) is 0. The van der Waals surface area contributed by atoms with Crippen LogP contribution in [0.1, 0.15) is 12.3 Å². The quantitative estimate of drug-likeness (QED) is 0.183. The Balaban J connectivity index is 1.22. The van der Waals surface area contributed by atoms with E-state index < -0.39 is 42.3 Å². The summed E-state index contributed by atoms with van der Waals surface area (Å²) in [6, 6.07) is 40.5. The first-order valence-electron chi connectivity index (χ1n) is 20.1. The van der Waals surface area contributed by atoms with E-state index >= 15 is 0 Å². The number of nitrogens with zero attached hydrogens (tertiary/aromatic N) is 1. The van der Waals surface area contributed by atoms with Crippen molar-refractivity contribution in [1.82, 2.24) is 0 Å². The maximum absolute atomic E-state index is 9.10. The summed E-state index contributed by atoms with van der Waals surface area (Å²) in [5.41, 5.74) is 7.50. The van der Waals surface area contributed by atoms with Crippen LogP contribution >= 0.6 is 0 Å². The molecule has 9 aromatic rings. The van der Waals surface area contributed by atoms with Gasteiger partial charge in [-0.15, -0.1) is 0 Å². The van der Waals surface area contributed by atoms with E-state index in [0.29, 0.717) is 5.56 Å². The summed E-state index contributed by atoms with van der Waals surface area (Å²) in [6.45, 7) is 0. The molecule has 0 aliphatic carbocycles. The van der Waals surface area contributed by atoms with Crippen molar-refractivity contribution in [2.45, 2.75) is 0 Å². The van der Waals surface area contributed by atoms with Gasteiger partial charge >= 0.3 is 0 Å². The standard InChI is InChI=1S/C46H31NO/c1-3-10-32(11-4-1)34-18-25-38(26-19-34)47(39-27-20-35(21-28-39)33-12-5-2-6-13-33)40-29-22-37(23-30-40)41-16-9-17-44-45(41)43-31-24-36-14-7-8-15-42(36)46(43)48-44/h1-31H/i7D,8D,9D,14D,15D,16D,17D,24D,31D. The molecular weight excluding hydrogens is 583 g/mol. The Bertz CT molecular complexity index is 2940. The molecule has 0 aliphatic rings. The lowest BCUT2D eigenvalue weighted by atomic mass is 9.98. The zero-order valence-electron chi connectivity index (χ0n) is 34.6. The number of hydrogen-bond donors (Lipinski definition) is 0. The van der Waals surface area contributed by atoms with Crippen LogP contribution in [0.25, 0.3) is 66.1 Å². The Hall–Kier alpha value is -6.38. The molecule has 2 heteroatoms. The number of furan rings is 1. The van der Waals surface area contributed by atoms with Crippen LogP contribution < -0.4 is 4.90 Å². The van der Waals surface area contributed by atoms with Gasteiger partial charge in [-0.1, -0.05) is 139 Å². The summed E-state index contributed by atoms with van der Waals surface area (Å²) >= 11 is 0. The molecule has 8 aromatic carbocycles. The van der Waals surface area contributed by atoms with Gasteiger partial charge in [0, 0.05) is 33.2 Å². The minimum absolute atomic E-state index is 0.0484. The molecule has 48 heavy (non-hydrogen) atoms. The summed E-state index contributed by atoms with van der Waals surface area (Å²) in [5, 5.41) is -0.0336. The smallest absolute Gasteiger partial charge is 0.143 e. The van der Waals surface area contributed by atoms with Gasteiger partial charge in [-0.3, -0.25) is 0 Å². The third-order valence-electron chi connectivity index (χ3n) is 8.63.